The van der Waals surface area contributed by atoms with Gasteiger partial charge in [-0.05, 0) is 36.4 Å². The van der Waals surface area contributed by atoms with Crippen molar-refractivity contribution in [2.24, 2.45) is 0 Å². The maximum absolute atomic E-state index is 11.8. The Kier molecular flexibility index (Phi) is 3.94. The second-order valence-electron chi connectivity index (χ2n) is 5.21. The van der Waals surface area contributed by atoms with Crippen molar-refractivity contribution < 1.29 is 14.3 Å². The molecule has 0 fully saturated rings. The van der Waals surface area contributed by atoms with Crippen molar-refractivity contribution in [3.05, 3.63) is 52.1 Å². The fourth-order valence-electron chi connectivity index (χ4n) is 2.64. The van der Waals surface area contributed by atoms with Gasteiger partial charge < -0.3 is 14.8 Å². The molecule has 0 radical (unpaired) electrons. The molecule has 1 unspecified atom stereocenters. The third-order valence-corrected chi connectivity index (χ3v) is 4.58. The number of rotatable bonds is 4. The SMILES string of the molecule is O=C(/C=C/c1cccs1)NCC1(O)CCCc2occc21. The molecule has 2 heterocycles. The molecular formula is C16H17NO3S. The molecule has 0 aliphatic heterocycles. The highest BCUT2D eigenvalue weighted by atomic mass is 32.1. The molecule has 0 saturated heterocycles. The molecule has 1 aliphatic rings. The summed E-state index contributed by atoms with van der Waals surface area (Å²) in [5.74, 6) is 0.625. The average molecular weight is 303 g/mol. The van der Waals surface area contributed by atoms with Gasteiger partial charge in [0.05, 0.1) is 12.8 Å². The smallest absolute Gasteiger partial charge is 0.244 e. The maximum atomic E-state index is 11.8. The van der Waals surface area contributed by atoms with Crippen LogP contribution in [0.3, 0.4) is 0 Å². The predicted octanol–water partition coefficient (Wildman–Crippen LogP) is 2.69. The normalized spacial score (nSPS) is 21.4. The lowest BCUT2D eigenvalue weighted by molar-refractivity contribution is -0.118. The Bertz CT molecular complexity index is 644. The van der Waals surface area contributed by atoms with Crippen LogP contribution in [0.5, 0.6) is 0 Å². The van der Waals surface area contributed by atoms with E-state index in [1.165, 1.54) is 6.08 Å². The van der Waals surface area contributed by atoms with E-state index in [0.717, 1.165) is 29.0 Å². The van der Waals surface area contributed by atoms with E-state index in [0.29, 0.717) is 6.42 Å². The van der Waals surface area contributed by atoms with Crippen LogP contribution in [0.1, 0.15) is 29.0 Å². The highest BCUT2D eigenvalue weighted by Crippen LogP contribution is 2.35. The summed E-state index contributed by atoms with van der Waals surface area (Å²) in [5, 5.41) is 15.5. The van der Waals surface area contributed by atoms with Crippen LogP contribution in [-0.2, 0) is 16.8 Å². The number of furan rings is 1. The lowest BCUT2D eigenvalue weighted by atomic mass is 9.83. The molecule has 5 heteroatoms. The van der Waals surface area contributed by atoms with E-state index in [9.17, 15) is 9.90 Å². The van der Waals surface area contributed by atoms with Crippen molar-refractivity contribution in [3.63, 3.8) is 0 Å². The molecule has 0 bridgehead atoms. The molecule has 0 aromatic carbocycles. The summed E-state index contributed by atoms with van der Waals surface area (Å²) in [6.07, 6.45) is 7.20. The number of fused-ring (bicyclic) bond motifs is 1. The molecule has 1 amide bonds. The molecule has 2 aromatic rings. The molecule has 2 aromatic heterocycles. The van der Waals surface area contributed by atoms with Gasteiger partial charge in [-0.2, -0.15) is 0 Å². The molecule has 110 valence electrons. The zero-order valence-electron chi connectivity index (χ0n) is 11.5. The van der Waals surface area contributed by atoms with Gasteiger partial charge in [-0.25, -0.2) is 0 Å². The maximum Gasteiger partial charge on any atom is 0.244 e. The van der Waals surface area contributed by atoms with Crippen molar-refractivity contribution in [2.45, 2.75) is 24.9 Å². The van der Waals surface area contributed by atoms with Gasteiger partial charge in [-0.1, -0.05) is 6.07 Å². The minimum atomic E-state index is -1.02. The number of hydrogen-bond acceptors (Lipinski definition) is 4. The van der Waals surface area contributed by atoms with E-state index in [-0.39, 0.29) is 12.5 Å². The molecule has 2 N–H and O–H groups in total. The van der Waals surface area contributed by atoms with E-state index < -0.39 is 5.60 Å². The van der Waals surface area contributed by atoms with Crippen molar-refractivity contribution in [2.75, 3.05) is 6.54 Å². The number of amides is 1. The van der Waals surface area contributed by atoms with Crippen LogP contribution in [0.15, 0.2) is 40.3 Å². The molecule has 3 rings (SSSR count). The number of nitrogens with one attached hydrogen (secondary N) is 1. The van der Waals surface area contributed by atoms with Gasteiger partial charge >= 0.3 is 0 Å². The van der Waals surface area contributed by atoms with Gasteiger partial charge in [-0.3, -0.25) is 4.79 Å². The molecule has 1 atom stereocenters. The number of carbonyl (C=O) groups excluding carboxylic acids is 1. The molecule has 0 saturated carbocycles. The van der Waals surface area contributed by atoms with Gasteiger partial charge in [0.25, 0.3) is 0 Å². The number of aryl methyl sites for hydroxylation is 1. The minimum Gasteiger partial charge on any atom is -0.469 e. The Hall–Kier alpha value is -1.85. The minimum absolute atomic E-state index is 0.201. The Morgan fingerprint density at radius 2 is 2.43 bits per heavy atom. The highest BCUT2D eigenvalue weighted by molar-refractivity contribution is 7.10. The quantitative estimate of drug-likeness (QED) is 0.854. The third kappa shape index (κ3) is 3.09. The summed E-state index contributed by atoms with van der Waals surface area (Å²) < 4.78 is 5.37. The van der Waals surface area contributed by atoms with Crippen molar-refractivity contribution in [1.29, 1.82) is 0 Å². The molecule has 0 spiro atoms. The fraction of sp³-hybridized carbons (Fsp3) is 0.312. The monoisotopic (exact) mass is 303 g/mol. The standard InChI is InChI=1S/C16H17NO3S/c18-15(6-5-12-3-2-10-21-12)17-11-16(19)8-1-4-14-13(16)7-9-20-14/h2-3,5-7,9-10,19H,1,4,8,11H2,(H,17,18)/b6-5+. The van der Waals surface area contributed by atoms with Crippen LogP contribution >= 0.6 is 11.3 Å². The Labute approximate surface area is 127 Å². The second kappa shape index (κ2) is 5.87. The van der Waals surface area contributed by atoms with Crippen LogP contribution in [0.2, 0.25) is 0 Å². The van der Waals surface area contributed by atoms with Crippen LogP contribution < -0.4 is 5.32 Å². The average Bonchev–Trinajstić information content (AvgIpc) is 3.14. The van der Waals surface area contributed by atoms with Gasteiger partial charge in [0.1, 0.15) is 11.4 Å². The summed E-state index contributed by atoms with van der Waals surface area (Å²) in [7, 11) is 0. The number of hydrogen-bond donors (Lipinski definition) is 2. The van der Waals surface area contributed by atoms with E-state index in [1.807, 2.05) is 17.5 Å². The van der Waals surface area contributed by atoms with Crippen LogP contribution in [0, 0.1) is 0 Å². The summed E-state index contributed by atoms with van der Waals surface area (Å²) in [5.41, 5.74) is -0.219. The Morgan fingerprint density at radius 3 is 3.24 bits per heavy atom. The zero-order chi connectivity index (χ0) is 14.7. The number of carbonyl (C=O) groups is 1. The molecule has 21 heavy (non-hydrogen) atoms. The summed E-state index contributed by atoms with van der Waals surface area (Å²) >= 11 is 1.57. The topological polar surface area (TPSA) is 62.5 Å². The van der Waals surface area contributed by atoms with E-state index >= 15 is 0 Å². The van der Waals surface area contributed by atoms with E-state index in [2.05, 4.69) is 5.32 Å². The summed E-state index contributed by atoms with van der Waals surface area (Å²) in [4.78, 5) is 12.9. The van der Waals surface area contributed by atoms with Gasteiger partial charge in [-0.15, -0.1) is 11.3 Å². The number of aliphatic hydroxyl groups is 1. The first-order valence-corrected chi connectivity index (χ1v) is 7.84. The summed E-state index contributed by atoms with van der Waals surface area (Å²) in [6, 6.07) is 5.68. The van der Waals surface area contributed by atoms with Crippen LogP contribution in [0.25, 0.3) is 6.08 Å². The van der Waals surface area contributed by atoms with Crippen LogP contribution in [0.4, 0.5) is 0 Å². The second-order valence-corrected chi connectivity index (χ2v) is 6.19. The first kappa shape index (κ1) is 14.1. The molecular weight excluding hydrogens is 286 g/mol. The van der Waals surface area contributed by atoms with Crippen molar-refractivity contribution >= 4 is 23.3 Å². The van der Waals surface area contributed by atoms with E-state index in [1.54, 1.807) is 29.7 Å². The summed E-state index contributed by atoms with van der Waals surface area (Å²) in [6.45, 7) is 0.202. The van der Waals surface area contributed by atoms with Crippen molar-refractivity contribution in [3.8, 4) is 0 Å². The Balaban J connectivity index is 1.62. The Morgan fingerprint density at radius 1 is 1.52 bits per heavy atom. The van der Waals surface area contributed by atoms with Crippen molar-refractivity contribution in [1.82, 2.24) is 5.32 Å². The highest BCUT2D eigenvalue weighted by Gasteiger charge is 2.36. The molecule has 1 aliphatic carbocycles. The number of thiophene rings is 1. The largest absolute Gasteiger partial charge is 0.469 e. The van der Waals surface area contributed by atoms with Gasteiger partial charge in [0.15, 0.2) is 0 Å². The lowest BCUT2D eigenvalue weighted by Gasteiger charge is -2.31. The zero-order valence-corrected chi connectivity index (χ0v) is 12.4. The third-order valence-electron chi connectivity index (χ3n) is 3.74. The first-order chi connectivity index (χ1) is 10.2. The van der Waals surface area contributed by atoms with E-state index in [4.69, 9.17) is 4.42 Å². The molecule has 4 nitrogen and oxygen atoms in total. The van der Waals surface area contributed by atoms with Gasteiger partial charge in [0, 0.05) is 22.9 Å². The first-order valence-electron chi connectivity index (χ1n) is 6.96. The predicted molar refractivity (Wildman–Crippen MR) is 81.9 cm³/mol. The van der Waals surface area contributed by atoms with Gasteiger partial charge in [0.2, 0.25) is 5.91 Å². The lowest BCUT2D eigenvalue weighted by Crippen LogP contribution is -2.42. The fourth-order valence-corrected chi connectivity index (χ4v) is 3.26. The van der Waals surface area contributed by atoms with Crippen LogP contribution in [-0.4, -0.2) is 17.6 Å².